The molecule has 1 atom stereocenters. The van der Waals surface area contributed by atoms with Crippen molar-refractivity contribution in [1.29, 1.82) is 0 Å². The van der Waals surface area contributed by atoms with E-state index < -0.39 is 0 Å². The summed E-state index contributed by atoms with van der Waals surface area (Å²) >= 11 is 0. The van der Waals surface area contributed by atoms with Gasteiger partial charge in [0.2, 0.25) is 5.91 Å². The highest BCUT2D eigenvalue weighted by Gasteiger charge is 2.26. The van der Waals surface area contributed by atoms with Crippen molar-refractivity contribution >= 4 is 17.3 Å². The zero-order valence-corrected chi connectivity index (χ0v) is 13.9. The first kappa shape index (κ1) is 16.8. The van der Waals surface area contributed by atoms with Crippen molar-refractivity contribution in [1.82, 2.24) is 9.80 Å². The highest BCUT2D eigenvalue weighted by molar-refractivity contribution is 5.95. The minimum absolute atomic E-state index is 0.0655. The van der Waals surface area contributed by atoms with Crippen molar-refractivity contribution in [3.63, 3.8) is 0 Å². The molecule has 0 aromatic heterocycles. The molecule has 3 N–H and O–H groups in total. The van der Waals surface area contributed by atoms with Crippen LogP contribution in [0.25, 0.3) is 0 Å². The van der Waals surface area contributed by atoms with E-state index in [2.05, 4.69) is 36.0 Å². The Morgan fingerprint density at radius 3 is 2.50 bits per heavy atom. The Morgan fingerprint density at radius 2 is 1.95 bits per heavy atom. The minimum atomic E-state index is -0.0687. The van der Waals surface area contributed by atoms with Gasteiger partial charge in [-0.3, -0.25) is 9.69 Å². The fourth-order valence-electron chi connectivity index (χ4n) is 2.96. The van der Waals surface area contributed by atoms with E-state index in [0.29, 0.717) is 0 Å². The van der Waals surface area contributed by atoms with Gasteiger partial charge < -0.3 is 16.0 Å². The lowest BCUT2D eigenvalue weighted by molar-refractivity contribution is -0.122. The molecule has 1 unspecified atom stereocenters. The molecule has 1 saturated heterocycles. The molecule has 22 heavy (non-hydrogen) atoms. The lowest BCUT2D eigenvalue weighted by Gasteiger charge is -2.36. The Morgan fingerprint density at radius 1 is 1.27 bits per heavy atom. The van der Waals surface area contributed by atoms with Crippen LogP contribution in [-0.4, -0.2) is 55.0 Å². The number of rotatable bonds is 5. The predicted molar refractivity (Wildman–Crippen MR) is 92.0 cm³/mol. The number of nitrogens with two attached hydrogens (primary N) is 1. The molecule has 5 heteroatoms. The number of nitrogen functional groups attached to an aromatic ring is 1. The molecule has 1 aromatic carbocycles. The monoisotopic (exact) mass is 304 g/mol. The summed E-state index contributed by atoms with van der Waals surface area (Å²) in [4.78, 5) is 17.2. The Labute approximate surface area is 133 Å². The number of piperazine rings is 1. The number of amides is 1. The average Bonchev–Trinajstić information content (AvgIpc) is 2.50. The molecule has 1 aliphatic heterocycles. The van der Waals surface area contributed by atoms with Crippen LogP contribution in [0.5, 0.6) is 0 Å². The van der Waals surface area contributed by atoms with Crippen LogP contribution in [0.3, 0.4) is 0 Å². The number of nitrogens with zero attached hydrogens (tertiary/aromatic N) is 2. The highest BCUT2D eigenvalue weighted by Crippen LogP contribution is 2.19. The average molecular weight is 304 g/mol. The van der Waals surface area contributed by atoms with Crippen molar-refractivity contribution in [2.24, 2.45) is 0 Å². The number of hydrogen-bond donors (Lipinski definition) is 2. The van der Waals surface area contributed by atoms with Crippen molar-refractivity contribution in [2.45, 2.75) is 32.7 Å². The molecule has 0 aliphatic carbocycles. The summed E-state index contributed by atoms with van der Waals surface area (Å²) in [5, 5.41) is 3.02. The van der Waals surface area contributed by atoms with E-state index >= 15 is 0 Å². The Bertz CT molecular complexity index is 509. The molecule has 1 aromatic rings. The maximum absolute atomic E-state index is 12.6. The summed E-state index contributed by atoms with van der Waals surface area (Å²) in [6, 6.07) is 5.71. The number of carbonyl (C=O) groups excluding carboxylic acids is 1. The number of benzene rings is 1. The van der Waals surface area contributed by atoms with E-state index in [-0.39, 0.29) is 11.9 Å². The lowest BCUT2D eigenvalue weighted by Crippen LogP contribution is -2.52. The van der Waals surface area contributed by atoms with Gasteiger partial charge in [0.25, 0.3) is 0 Å². The van der Waals surface area contributed by atoms with E-state index in [9.17, 15) is 4.79 Å². The number of likely N-dealkylation sites (N-methyl/N-ethyl adjacent to an activating group) is 1. The quantitative estimate of drug-likeness (QED) is 0.814. The topological polar surface area (TPSA) is 61.6 Å². The number of anilines is 2. The van der Waals surface area contributed by atoms with Gasteiger partial charge in [-0.25, -0.2) is 0 Å². The molecule has 0 radical (unpaired) electrons. The highest BCUT2D eigenvalue weighted by atomic mass is 16.2. The van der Waals surface area contributed by atoms with Crippen molar-refractivity contribution in [3.8, 4) is 0 Å². The predicted octanol–water partition coefficient (Wildman–Crippen LogP) is 1.80. The van der Waals surface area contributed by atoms with Crippen LogP contribution >= 0.6 is 0 Å². The van der Waals surface area contributed by atoms with E-state index in [1.165, 1.54) is 0 Å². The molecule has 1 heterocycles. The van der Waals surface area contributed by atoms with Crippen LogP contribution in [0.15, 0.2) is 18.2 Å². The molecule has 0 saturated carbocycles. The molecule has 2 rings (SSSR count). The third-order valence-corrected chi connectivity index (χ3v) is 4.46. The van der Waals surface area contributed by atoms with Crippen LogP contribution in [0.4, 0.5) is 11.4 Å². The van der Waals surface area contributed by atoms with Crippen molar-refractivity contribution in [2.75, 3.05) is 44.3 Å². The van der Waals surface area contributed by atoms with Gasteiger partial charge in [-0.05, 0) is 37.6 Å². The molecule has 1 amide bonds. The number of nitrogens with one attached hydrogen (secondary N) is 1. The summed E-state index contributed by atoms with van der Waals surface area (Å²) in [6.07, 6.45) is 1.72. The van der Waals surface area contributed by atoms with E-state index in [1.54, 1.807) is 0 Å². The third-order valence-electron chi connectivity index (χ3n) is 4.46. The van der Waals surface area contributed by atoms with E-state index in [0.717, 1.165) is 56.0 Å². The molecule has 122 valence electrons. The Hall–Kier alpha value is -1.59. The first-order valence-electron chi connectivity index (χ1n) is 8.17. The van der Waals surface area contributed by atoms with E-state index in [4.69, 9.17) is 5.73 Å². The number of hydrogen-bond acceptors (Lipinski definition) is 4. The maximum Gasteiger partial charge on any atom is 0.241 e. The number of aryl methyl sites for hydroxylation is 1. The van der Waals surface area contributed by atoms with Crippen LogP contribution in [0.1, 0.15) is 25.8 Å². The summed E-state index contributed by atoms with van der Waals surface area (Å²) in [6.45, 7) is 8.06. The lowest BCUT2D eigenvalue weighted by atomic mass is 10.1. The molecule has 1 aliphatic rings. The Kier molecular flexibility index (Phi) is 5.80. The van der Waals surface area contributed by atoms with Crippen LogP contribution in [0.2, 0.25) is 0 Å². The zero-order valence-electron chi connectivity index (χ0n) is 13.9. The van der Waals surface area contributed by atoms with Gasteiger partial charge in [0, 0.05) is 37.6 Å². The van der Waals surface area contributed by atoms with Crippen LogP contribution in [0, 0.1) is 0 Å². The molecule has 0 bridgehead atoms. The van der Waals surface area contributed by atoms with Gasteiger partial charge in [-0.1, -0.05) is 19.9 Å². The zero-order chi connectivity index (χ0) is 16.1. The Balaban J connectivity index is 2.01. The van der Waals surface area contributed by atoms with Crippen LogP contribution < -0.4 is 11.1 Å². The van der Waals surface area contributed by atoms with Gasteiger partial charge in [-0.15, -0.1) is 0 Å². The second-order valence-corrected chi connectivity index (χ2v) is 6.02. The second-order valence-electron chi connectivity index (χ2n) is 6.02. The molecule has 1 fully saturated rings. The minimum Gasteiger partial charge on any atom is -0.398 e. The van der Waals surface area contributed by atoms with Gasteiger partial charge in [0.1, 0.15) is 0 Å². The van der Waals surface area contributed by atoms with Crippen molar-refractivity contribution in [3.05, 3.63) is 23.8 Å². The summed E-state index contributed by atoms with van der Waals surface area (Å²) < 4.78 is 0. The molecule has 5 nitrogen and oxygen atoms in total. The second kappa shape index (κ2) is 7.61. The summed E-state index contributed by atoms with van der Waals surface area (Å²) in [5.74, 6) is 0.0655. The van der Waals surface area contributed by atoms with Crippen LogP contribution in [-0.2, 0) is 11.2 Å². The SMILES string of the molecule is CCc1ccc(NC(=O)C(CC)N2CCN(C)CC2)cc1N. The first-order valence-corrected chi connectivity index (χ1v) is 8.17. The fourth-order valence-corrected chi connectivity index (χ4v) is 2.96. The third kappa shape index (κ3) is 3.99. The standard InChI is InChI=1S/C17H28N4O/c1-4-13-6-7-14(12-15(13)18)19-17(22)16(5-2)21-10-8-20(3)9-11-21/h6-7,12,16H,4-5,8-11,18H2,1-3H3,(H,19,22). The normalized spacial score (nSPS) is 18.1. The fraction of sp³-hybridized carbons (Fsp3) is 0.588. The van der Waals surface area contributed by atoms with E-state index in [1.807, 2.05) is 18.2 Å². The van der Waals surface area contributed by atoms with Gasteiger partial charge >= 0.3 is 0 Å². The first-order chi connectivity index (χ1) is 10.5. The smallest absolute Gasteiger partial charge is 0.241 e. The summed E-state index contributed by atoms with van der Waals surface area (Å²) in [5.41, 5.74) is 8.65. The van der Waals surface area contributed by atoms with Gasteiger partial charge in [-0.2, -0.15) is 0 Å². The number of carbonyl (C=O) groups is 1. The largest absolute Gasteiger partial charge is 0.398 e. The van der Waals surface area contributed by atoms with Crippen molar-refractivity contribution < 1.29 is 4.79 Å². The molecular formula is C17H28N4O. The van der Waals surface area contributed by atoms with Gasteiger partial charge in [0.15, 0.2) is 0 Å². The maximum atomic E-state index is 12.6. The summed E-state index contributed by atoms with van der Waals surface area (Å²) in [7, 11) is 2.12. The molecule has 0 spiro atoms. The van der Waals surface area contributed by atoms with Gasteiger partial charge in [0.05, 0.1) is 6.04 Å². The molecular weight excluding hydrogens is 276 g/mol.